The van der Waals surface area contributed by atoms with Gasteiger partial charge >= 0.3 is 0 Å². The second-order valence-electron chi connectivity index (χ2n) is 12.2. The quantitative estimate of drug-likeness (QED) is 0.419. The molecule has 8 nitrogen and oxygen atoms in total. The molecule has 0 radical (unpaired) electrons. The number of anilines is 1. The molecule has 8 heteroatoms. The molecule has 3 aromatic carbocycles. The van der Waals surface area contributed by atoms with Crippen LogP contribution in [-0.4, -0.2) is 76.1 Å². The summed E-state index contributed by atoms with van der Waals surface area (Å²) in [4.78, 5) is 48.8. The number of likely N-dealkylation sites (tertiary alicyclic amines) is 1. The number of carbonyl (C=O) groups excluding carboxylic acids is 3. The van der Waals surface area contributed by atoms with Crippen molar-refractivity contribution in [2.24, 2.45) is 11.8 Å². The average Bonchev–Trinajstić information content (AvgIpc) is 3.34. The summed E-state index contributed by atoms with van der Waals surface area (Å²) < 4.78 is 7.06. The fraction of sp³-hybridized carbons (Fsp3) is 0.361. The number of hydrogen-bond donors (Lipinski definition) is 1. The smallest absolute Gasteiger partial charge is 0.253 e. The van der Waals surface area contributed by atoms with Crippen molar-refractivity contribution in [1.82, 2.24) is 9.80 Å². The molecule has 4 heterocycles. The minimum absolute atomic E-state index is 0.123. The lowest BCUT2D eigenvalue weighted by Gasteiger charge is -2.38. The third kappa shape index (κ3) is 4.31. The second-order valence-corrected chi connectivity index (χ2v) is 12.2. The highest BCUT2D eigenvalue weighted by Gasteiger charge is 2.75. The minimum Gasteiger partial charge on any atom is -0.396 e. The summed E-state index contributed by atoms with van der Waals surface area (Å²) in [6.07, 6.45) is 8.51. The first-order valence-electron chi connectivity index (χ1n) is 15.5. The first-order valence-corrected chi connectivity index (χ1v) is 15.5. The van der Waals surface area contributed by atoms with E-state index in [-0.39, 0.29) is 30.9 Å². The van der Waals surface area contributed by atoms with Crippen LogP contribution in [0.3, 0.4) is 0 Å². The van der Waals surface area contributed by atoms with Crippen LogP contribution in [0.4, 0.5) is 5.69 Å². The third-order valence-electron chi connectivity index (χ3n) is 9.84. The van der Waals surface area contributed by atoms with Gasteiger partial charge in [0, 0.05) is 38.5 Å². The maximum absolute atomic E-state index is 14.7. The van der Waals surface area contributed by atoms with E-state index in [0.717, 1.165) is 22.0 Å². The van der Waals surface area contributed by atoms with E-state index in [4.69, 9.17) is 4.74 Å². The Kier molecular flexibility index (Phi) is 7.14. The van der Waals surface area contributed by atoms with Crippen LogP contribution in [0.15, 0.2) is 97.1 Å². The van der Waals surface area contributed by atoms with Crippen LogP contribution in [-0.2, 0) is 25.7 Å². The molecule has 0 aromatic heterocycles. The monoisotopic (exact) mass is 591 g/mol. The zero-order valence-electron chi connectivity index (χ0n) is 24.8. The Labute approximate surface area is 257 Å². The molecular formula is C36H37N3O5. The van der Waals surface area contributed by atoms with E-state index < -0.39 is 29.1 Å². The Bertz CT molecular complexity index is 1670. The summed E-state index contributed by atoms with van der Waals surface area (Å²) in [7, 11) is 0. The van der Waals surface area contributed by atoms with Gasteiger partial charge in [-0.1, -0.05) is 91.9 Å². The van der Waals surface area contributed by atoms with E-state index in [1.165, 1.54) is 0 Å². The maximum atomic E-state index is 14.7. The number of aliphatic hydroxyl groups is 1. The molecule has 226 valence electrons. The van der Waals surface area contributed by atoms with Crippen LogP contribution < -0.4 is 4.90 Å². The van der Waals surface area contributed by atoms with Crippen LogP contribution in [0.1, 0.15) is 25.3 Å². The Morgan fingerprint density at radius 3 is 2.36 bits per heavy atom. The number of benzene rings is 3. The van der Waals surface area contributed by atoms with Crippen LogP contribution in [0.5, 0.6) is 0 Å². The van der Waals surface area contributed by atoms with Crippen molar-refractivity contribution in [3.8, 4) is 0 Å². The molecule has 3 aromatic rings. The molecule has 0 bridgehead atoms. The van der Waals surface area contributed by atoms with Crippen molar-refractivity contribution in [3.63, 3.8) is 0 Å². The van der Waals surface area contributed by atoms with E-state index in [0.29, 0.717) is 32.5 Å². The average molecular weight is 592 g/mol. The zero-order valence-corrected chi connectivity index (χ0v) is 24.8. The highest BCUT2D eigenvalue weighted by molar-refractivity contribution is 6.06. The van der Waals surface area contributed by atoms with E-state index in [1.807, 2.05) is 104 Å². The van der Waals surface area contributed by atoms with Crippen molar-refractivity contribution in [3.05, 3.63) is 103 Å². The van der Waals surface area contributed by atoms with Gasteiger partial charge in [0.25, 0.3) is 5.91 Å². The molecule has 0 aliphatic carbocycles. The van der Waals surface area contributed by atoms with Crippen LogP contribution >= 0.6 is 0 Å². The number of aliphatic hydroxyl groups excluding tert-OH is 1. The molecule has 7 rings (SSSR count). The predicted molar refractivity (Wildman–Crippen MR) is 167 cm³/mol. The number of fused-ring (bicyclic) bond motifs is 3. The normalized spacial score (nSPS) is 29.5. The van der Waals surface area contributed by atoms with Gasteiger partial charge in [-0.05, 0) is 41.3 Å². The number of rotatable bonds is 7. The third-order valence-corrected chi connectivity index (χ3v) is 9.84. The molecule has 1 spiro atoms. The summed E-state index contributed by atoms with van der Waals surface area (Å²) >= 11 is 0. The summed E-state index contributed by atoms with van der Waals surface area (Å²) in [6, 6.07) is 22.8. The molecule has 1 unspecified atom stereocenters. The first-order chi connectivity index (χ1) is 21.4. The Balaban J connectivity index is 1.32. The topological polar surface area (TPSA) is 90.4 Å². The number of carbonyl (C=O) groups is 3. The predicted octanol–water partition coefficient (Wildman–Crippen LogP) is 4.08. The molecule has 1 N–H and O–H groups in total. The molecule has 0 saturated carbocycles. The van der Waals surface area contributed by atoms with Crippen LogP contribution in [0, 0.1) is 11.8 Å². The van der Waals surface area contributed by atoms with Gasteiger partial charge in [0.2, 0.25) is 11.8 Å². The highest BCUT2D eigenvalue weighted by Crippen LogP contribution is 2.58. The van der Waals surface area contributed by atoms with Gasteiger partial charge in [0.15, 0.2) is 0 Å². The van der Waals surface area contributed by atoms with E-state index in [1.54, 1.807) is 14.7 Å². The van der Waals surface area contributed by atoms with Gasteiger partial charge in [-0.25, -0.2) is 0 Å². The molecule has 3 amide bonds. The lowest BCUT2D eigenvalue weighted by Crippen LogP contribution is -2.56. The van der Waals surface area contributed by atoms with Gasteiger partial charge in [0.1, 0.15) is 11.6 Å². The molecule has 2 fully saturated rings. The van der Waals surface area contributed by atoms with Gasteiger partial charge in [-0.3, -0.25) is 14.4 Å². The molecule has 5 atom stereocenters. The van der Waals surface area contributed by atoms with Crippen molar-refractivity contribution in [2.45, 2.75) is 43.6 Å². The fourth-order valence-electron chi connectivity index (χ4n) is 7.81. The lowest BCUT2D eigenvalue weighted by atomic mass is 9.73. The molecule has 2 saturated heterocycles. The fourth-order valence-corrected chi connectivity index (χ4v) is 7.81. The van der Waals surface area contributed by atoms with Crippen LogP contribution in [0.2, 0.25) is 0 Å². The maximum Gasteiger partial charge on any atom is 0.253 e. The van der Waals surface area contributed by atoms with Crippen LogP contribution in [0.25, 0.3) is 10.8 Å². The molecule has 4 aliphatic rings. The molecule has 4 aliphatic heterocycles. The van der Waals surface area contributed by atoms with Crippen molar-refractivity contribution in [2.75, 3.05) is 31.1 Å². The van der Waals surface area contributed by atoms with E-state index in [9.17, 15) is 19.5 Å². The summed E-state index contributed by atoms with van der Waals surface area (Å²) in [5.74, 6) is -2.34. The minimum atomic E-state index is -1.33. The first kappa shape index (κ1) is 28.5. The summed E-state index contributed by atoms with van der Waals surface area (Å²) in [5, 5.41) is 11.8. The lowest BCUT2D eigenvalue weighted by molar-refractivity contribution is -0.150. The van der Waals surface area contributed by atoms with Gasteiger partial charge in [0.05, 0.1) is 17.4 Å². The number of nitrogens with zero attached hydrogens (tertiary/aromatic N) is 3. The Hall–Kier alpha value is -4.27. The standard InChI is InChI=1S/C36H37N3O5/c1-2-35-17-8-19-37(24-25-11-4-3-5-12-25)32(41)29(35)30-33(42)39(21-10-22-40)31-34(43)38(20-9-18-36(30,31)44-35)28-16-15-26-13-6-7-14-27(26)23-28/h3-9,11-18,23,29-31,40H,2,10,19-22,24H2,1H3/t29-,30-,31?,35+,36-/m0/s1. The summed E-state index contributed by atoms with van der Waals surface area (Å²) in [5.41, 5.74) is -0.628. The summed E-state index contributed by atoms with van der Waals surface area (Å²) in [6.45, 7) is 3.17. The molecule has 44 heavy (non-hydrogen) atoms. The Morgan fingerprint density at radius 1 is 0.841 bits per heavy atom. The number of amides is 3. The Morgan fingerprint density at radius 2 is 1.59 bits per heavy atom. The van der Waals surface area contributed by atoms with Gasteiger partial charge in [-0.15, -0.1) is 0 Å². The van der Waals surface area contributed by atoms with E-state index in [2.05, 4.69) is 0 Å². The van der Waals surface area contributed by atoms with Crippen molar-refractivity contribution in [1.29, 1.82) is 0 Å². The van der Waals surface area contributed by atoms with E-state index >= 15 is 0 Å². The zero-order chi connectivity index (χ0) is 30.5. The number of hydrogen-bond acceptors (Lipinski definition) is 5. The SMILES string of the molecule is CC[C@@]12C=CCN(Cc3ccccc3)C(=O)[C@@H]1[C@H]1C(=O)N(CCCO)C3C(=O)N(c4ccc5ccccc5c4)CC=C[C@@]31O2. The van der Waals surface area contributed by atoms with Gasteiger partial charge < -0.3 is 24.5 Å². The van der Waals surface area contributed by atoms with Crippen molar-refractivity contribution < 1.29 is 24.2 Å². The number of ether oxygens (including phenoxy) is 1. The largest absolute Gasteiger partial charge is 0.396 e. The molecular weight excluding hydrogens is 554 g/mol. The highest BCUT2D eigenvalue weighted by atomic mass is 16.5. The second kappa shape index (κ2) is 11.0. The van der Waals surface area contributed by atoms with Crippen molar-refractivity contribution >= 4 is 34.2 Å². The van der Waals surface area contributed by atoms with Gasteiger partial charge in [-0.2, -0.15) is 0 Å².